The molecular formula is C30H63O3P. The van der Waals surface area contributed by atoms with Crippen molar-refractivity contribution in [3.05, 3.63) is 0 Å². The SMILES string of the molecule is CCCCCCCCCCCCCCP(=O)(OCCCCCCCC)OCCCCCCCC. The average Bonchev–Trinajstić information content (AvgIpc) is 2.84. The second-order valence-electron chi connectivity index (χ2n) is 10.4. The van der Waals surface area contributed by atoms with Crippen molar-refractivity contribution in [2.45, 2.75) is 175 Å². The van der Waals surface area contributed by atoms with E-state index in [1.165, 1.54) is 128 Å². The van der Waals surface area contributed by atoms with E-state index in [0.29, 0.717) is 19.4 Å². The molecule has 0 aliphatic heterocycles. The topological polar surface area (TPSA) is 35.5 Å². The Balaban J connectivity index is 3.98. The summed E-state index contributed by atoms with van der Waals surface area (Å²) in [7, 11) is -2.92. The maximum atomic E-state index is 13.3. The van der Waals surface area contributed by atoms with E-state index in [9.17, 15) is 4.57 Å². The first kappa shape index (κ1) is 34.1. The molecule has 0 rings (SSSR count). The Kier molecular flexibility index (Phi) is 27.9. The molecule has 0 radical (unpaired) electrons. The van der Waals surface area contributed by atoms with Crippen LogP contribution in [0.4, 0.5) is 0 Å². The maximum absolute atomic E-state index is 13.3. The van der Waals surface area contributed by atoms with Crippen LogP contribution in [0.5, 0.6) is 0 Å². The molecule has 0 amide bonds. The van der Waals surface area contributed by atoms with Gasteiger partial charge in [-0.1, -0.05) is 156 Å². The van der Waals surface area contributed by atoms with Gasteiger partial charge in [0, 0.05) is 0 Å². The maximum Gasteiger partial charge on any atom is 0.330 e. The lowest BCUT2D eigenvalue weighted by Crippen LogP contribution is -2.04. The van der Waals surface area contributed by atoms with E-state index in [1.54, 1.807) is 0 Å². The van der Waals surface area contributed by atoms with Gasteiger partial charge in [0.2, 0.25) is 0 Å². The van der Waals surface area contributed by atoms with Crippen LogP contribution in [-0.2, 0) is 13.6 Å². The van der Waals surface area contributed by atoms with Gasteiger partial charge in [0.25, 0.3) is 0 Å². The standard InChI is InChI=1S/C30H63O3P/c1-4-7-10-13-16-17-18-19-20-21-24-27-30-34(31,32-28-25-22-14-11-8-5-2)33-29-26-23-15-12-9-6-3/h4-30H2,1-3H3. The quantitative estimate of drug-likeness (QED) is 0.0753. The molecule has 0 aromatic heterocycles. The predicted molar refractivity (Wildman–Crippen MR) is 152 cm³/mol. The molecule has 206 valence electrons. The zero-order valence-corrected chi connectivity index (χ0v) is 24.7. The van der Waals surface area contributed by atoms with Crippen molar-refractivity contribution in [2.75, 3.05) is 19.4 Å². The highest BCUT2D eigenvalue weighted by atomic mass is 31.2. The third-order valence-electron chi connectivity index (χ3n) is 6.86. The fourth-order valence-corrected chi connectivity index (χ4v) is 6.24. The predicted octanol–water partition coefficient (Wildman–Crippen LogP) is 11.6. The van der Waals surface area contributed by atoms with Crippen molar-refractivity contribution < 1.29 is 13.6 Å². The zero-order valence-electron chi connectivity index (χ0n) is 23.8. The molecule has 0 aromatic carbocycles. The number of rotatable bonds is 29. The summed E-state index contributed by atoms with van der Waals surface area (Å²) in [5, 5.41) is 0. The van der Waals surface area contributed by atoms with Gasteiger partial charge in [0.15, 0.2) is 0 Å². The van der Waals surface area contributed by atoms with E-state index in [2.05, 4.69) is 20.8 Å². The Labute approximate surface area is 215 Å². The fraction of sp³-hybridized carbons (Fsp3) is 1.00. The summed E-state index contributed by atoms with van der Waals surface area (Å²) in [6.45, 7) is 7.96. The molecule has 0 N–H and O–H groups in total. The van der Waals surface area contributed by atoms with Gasteiger partial charge in [0.1, 0.15) is 0 Å². The van der Waals surface area contributed by atoms with E-state index < -0.39 is 7.60 Å². The van der Waals surface area contributed by atoms with Gasteiger partial charge < -0.3 is 9.05 Å². The molecule has 0 aromatic rings. The molecule has 0 atom stereocenters. The van der Waals surface area contributed by atoms with Crippen LogP contribution in [0.1, 0.15) is 175 Å². The van der Waals surface area contributed by atoms with Crippen LogP contribution in [0.15, 0.2) is 0 Å². The Morgan fingerprint density at radius 3 is 0.971 bits per heavy atom. The van der Waals surface area contributed by atoms with Crippen LogP contribution in [0.3, 0.4) is 0 Å². The third kappa shape index (κ3) is 25.2. The van der Waals surface area contributed by atoms with Crippen molar-refractivity contribution in [1.82, 2.24) is 0 Å². The molecule has 34 heavy (non-hydrogen) atoms. The normalized spacial score (nSPS) is 12.0. The summed E-state index contributed by atoms with van der Waals surface area (Å²) in [4.78, 5) is 0. The Hall–Kier alpha value is 0.150. The van der Waals surface area contributed by atoms with E-state index in [0.717, 1.165) is 25.7 Å². The summed E-state index contributed by atoms with van der Waals surface area (Å²) in [6.07, 6.45) is 31.1. The molecule has 0 saturated heterocycles. The van der Waals surface area contributed by atoms with Gasteiger partial charge in [-0.3, -0.25) is 4.57 Å². The average molecular weight is 503 g/mol. The number of hydrogen-bond donors (Lipinski definition) is 0. The molecule has 0 aliphatic rings. The minimum atomic E-state index is -2.92. The lowest BCUT2D eigenvalue weighted by molar-refractivity contribution is 0.197. The minimum Gasteiger partial charge on any atom is -0.309 e. The molecule has 0 saturated carbocycles. The van der Waals surface area contributed by atoms with Crippen molar-refractivity contribution in [2.24, 2.45) is 0 Å². The molecule has 0 fully saturated rings. The highest BCUT2D eigenvalue weighted by Gasteiger charge is 2.23. The van der Waals surface area contributed by atoms with Gasteiger partial charge in [-0.25, -0.2) is 0 Å². The summed E-state index contributed by atoms with van der Waals surface area (Å²) in [5.74, 6) is 0. The van der Waals surface area contributed by atoms with Crippen LogP contribution in [0, 0.1) is 0 Å². The first-order valence-corrected chi connectivity index (χ1v) is 17.3. The molecule has 0 bridgehead atoms. The largest absolute Gasteiger partial charge is 0.330 e. The zero-order chi connectivity index (χ0) is 25.0. The molecule has 0 spiro atoms. The molecular weight excluding hydrogens is 439 g/mol. The number of unbranched alkanes of at least 4 members (excludes halogenated alkanes) is 21. The second kappa shape index (κ2) is 27.7. The van der Waals surface area contributed by atoms with Gasteiger partial charge >= 0.3 is 7.60 Å². The summed E-state index contributed by atoms with van der Waals surface area (Å²) in [5.41, 5.74) is 0. The molecule has 3 nitrogen and oxygen atoms in total. The Morgan fingerprint density at radius 2 is 0.647 bits per heavy atom. The highest BCUT2D eigenvalue weighted by molar-refractivity contribution is 7.53. The number of hydrogen-bond acceptors (Lipinski definition) is 3. The van der Waals surface area contributed by atoms with Crippen LogP contribution >= 0.6 is 7.60 Å². The van der Waals surface area contributed by atoms with E-state index in [-0.39, 0.29) is 0 Å². The first-order chi connectivity index (χ1) is 16.7. The fourth-order valence-electron chi connectivity index (χ4n) is 4.48. The van der Waals surface area contributed by atoms with E-state index in [4.69, 9.17) is 9.05 Å². The van der Waals surface area contributed by atoms with Crippen LogP contribution < -0.4 is 0 Å². The van der Waals surface area contributed by atoms with E-state index >= 15 is 0 Å². The molecule has 4 heteroatoms. The summed E-state index contributed by atoms with van der Waals surface area (Å²) in [6, 6.07) is 0. The van der Waals surface area contributed by atoms with Crippen molar-refractivity contribution in [3.8, 4) is 0 Å². The van der Waals surface area contributed by atoms with Gasteiger partial charge in [-0.05, 0) is 19.3 Å². The lowest BCUT2D eigenvalue weighted by atomic mass is 10.1. The molecule has 0 unspecified atom stereocenters. The van der Waals surface area contributed by atoms with Gasteiger partial charge in [-0.15, -0.1) is 0 Å². The lowest BCUT2D eigenvalue weighted by Gasteiger charge is -2.19. The van der Waals surface area contributed by atoms with Crippen LogP contribution in [0.25, 0.3) is 0 Å². The van der Waals surface area contributed by atoms with Crippen molar-refractivity contribution >= 4 is 7.60 Å². The second-order valence-corrected chi connectivity index (χ2v) is 12.6. The molecule has 0 aliphatic carbocycles. The van der Waals surface area contributed by atoms with Crippen molar-refractivity contribution in [1.29, 1.82) is 0 Å². The van der Waals surface area contributed by atoms with Crippen molar-refractivity contribution in [3.63, 3.8) is 0 Å². The first-order valence-electron chi connectivity index (χ1n) is 15.6. The Bertz CT molecular complexity index is 405. The Morgan fingerprint density at radius 1 is 0.382 bits per heavy atom. The summed E-state index contributed by atoms with van der Waals surface area (Å²) < 4.78 is 25.2. The van der Waals surface area contributed by atoms with Gasteiger partial charge in [0.05, 0.1) is 19.4 Å². The molecule has 0 heterocycles. The monoisotopic (exact) mass is 502 g/mol. The highest BCUT2D eigenvalue weighted by Crippen LogP contribution is 2.49. The van der Waals surface area contributed by atoms with Crippen LogP contribution in [0.2, 0.25) is 0 Å². The minimum absolute atomic E-state index is 0.595. The van der Waals surface area contributed by atoms with Gasteiger partial charge in [-0.2, -0.15) is 0 Å². The summed E-state index contributed by atoms with van der Waals surface area (Å²) >= 11 is 0. The third-order valence-corrected chi connectivity index (χ3v) is 8.87. The van der Waals surface area contributed by atoms with E-state index in [1.807, 2.05) is 0 Å². The smallest absolute Gasteiger partial charge is 0.309 e. The van der Waals surface area contributed by atoms with Crippen LogP contribution in [-0.4, -0.2) is 19.4 Å².